The molecule has 3 unspecified atom stereocenters. The Hall–Kier alpha value is -1.94. The Labute approximate surface area is 210 Å². The van der Waals surface area contributed by atoms with Crippen LogP contribution in [0.25, 0.3) is 0 Å². The number of carbonyl (C=O) groups excluding carboxylic acids is 1. The maximum atomic E-state index is 14.7. The van der Waals surface area contributed by atoms with Gasteiger partial charge < -0.3 is 14.8 Å². The SMILES string of the molecule is CCCC(CC(C)C(F)(F)F)NC(=NCC1COC(C)(C)O1)NC(=O)C1C2=C3CCC(=C1CC2)C3F. The standard InChI is InChI=1S/C26H37F4N3O3/c1-5-6-15(11-14(2)26(28,29)30)32-24(31-12-16-13-35-25(3,4)36-16)33-23(34)21-17-7-8-18(21)20-10-9-19(17)22(20)27/h14-16,21-22H,5-13H2,1-4H3,(H2,31,32,33,34). The van der Waals surface area contributed by atoms with Crippen molar-refractivity contribution >= 4 is 11.9 Å². The van der Waals surface area contributed by atoms with E-state index in [0.717, 1.165) is 29.2 Å². The number of halogens is 4. The number of guanidine groups is 1. The Balaban J connectivity index is 1.52. The van der Waals surface area contributed by atoms with E-state index in [2.05, 4.69) is 15.6 Å². The van der Waals surface area contributed by atoms with Crippen LogP contribution in [0.5, 0.6) is 0 Å². The smallest absolute Gasteiger partial charge is 0.353 e. The molecular weight excluding hydrogens is 478 g/mol. The Morgan fingerprint density at radius 1 is 1.14 bits per heavy atom. The fraction of sp³-hybridized carbons (Fsp3) is 0.769. The topological polar surface area (TPSA) is 72.0 Å². The van der Waals surface area contributed by atoms with E-state index in [1.165, 1.54) is 0 Å². The lowest BCUT2D eigenvalue weighted by atomic mass is 9.86. The third kappa shape index (κ3) is 5.79. The Morgan fingerprint density at radius 2 is 1.75 bits per heavy atom. The minimum Gasteiger partial charge on any atom is -0.353 e. The van der Waals surface area contributed by atoms with E-state index >= 15 is 0 Å². The van der Waals surface area contributed by atoms with Crippen molar-refractivity contribution in [3.63, 3.8) is 0 Å². The number of allylic oxidation sites excluding steroid dienone is 2. The van der Waals surface area contributed by atoms with Crippen LogP contribution in [0.3, 0.4) is 0 Å². The maximum absolute atomic E-state index is 14.7. The summed E-state index contributed by atoms with van der Waals surface area (Å²) in [5, 5.41) is 5.93. The van der Waals surface area contributed by atoms with E-state index in [9.17, 15) is 22.4 Å². The number of rotatable bonds is 8. The summed E-state index contributed by atoms with van der Waals surface area (Å²) >= 11 is 0. The van der Waals surface area contributed by atoms with Gasteiger partial charge in [0.2, 0.25) is 5.91 Å². The van der Waals surface area contributed by atoms with Crippen molar-refractivity contribution in [1.29, 1.82) is 0 Å². The second kappa shape index (κ2) is 10.4. The first-order chi connectivity index (χ1) is 16.9. The highest BCUT2D eigenvalue weighted by atomic mass is 19.4. The summed E-state index contributed by atoms with van der Waals surface area (Å²) in [4.78, 5) is 18.0. The fourth-order valence-corrected chi connectivity index (χ4v) is 5.86. The zero-order valence-corrected chi connectivity index (χ0v) is 21.4. The van der Waals surface area contributed by atoms with Gasteiger partial charge in [-0.1, -0.05) is 31.4 Å². The summed E-state index contributed by atoms with van der Waals surface area (Å²) in [6, 6.07) is -0.526. The molecule has 1 amide bonds. The molecule has 6 nitrogen and oxygen atoms in total. The highest BCUT2D eigenvalue weighted by molar-refractivity contribution is 6.01. The quantitative estimate of drug-likeness (QED) is 0.204. The number of hydrogen-bond donors (Lipinski definition) is 2. The molecule has 1 heterocycles. The number of ether oxygens (including phenoxy) is 2. The molecule has 4 aliphatic rings. The van der Waals surface area contributed by atoms with Crippen LogP contribution in [0.1, 0.15) is 72.6 Å². The van der Waals surface area contributed by atoms with Crippen LogP contribution < -0.4 is 10.6 Å². The third-order valence-corrected chi connectivity index (χ3v) is 7.66. The number of nitrogens with zero attached hydrogens (tertiary/aromatic N) is 1. The van der Waals surface area contributed by atoms with Crippen molar-refractivity contribution < 1.29 is 31.8 Å². The molecule has 0 aromatic heterocycles. The predicted octanol–water partition coefficient (Wildman–Crippen LogP) is 5.11. The van der Waals surface area contributed by atoms with Crippen molar-refractivity contribution in [2.75, 3.05) is 13.2 Å². The van der Waals surface area contributed by atoms with Crippen LogP contribution in [0.4, 0.5) is 17.6 Å². The molecule has 0 aromatic carbocycles. The highest BCUT2D eigenvalue weighted by Gasteiger charge is 2.46. The van der Waals surface area contributed by atoms with Crippen LogP contribution in [0, 0.1) is 11.8 Å². The van der Waals surface area contributed by atoms with Crippen molar-refractivity contribution in [3.05, 3.63) is 22.3 Å². The van der Waals surface area contributed by atoms with Crippen LogP contribution in [0.2, 0.25) is 0 Å². The van der Waals surface area contributed by atoms with Gasteiger partial charge in [0.15, 0.2) is 11.7 Å². The van der Waals surface area contributed by atoms with Gasteiger partial charge >= 0.3 is 6.18 Å². The fourth-order valence-electron chi connectivity index (χ4n) is 5.86. The monoisotopic (exact) mass is 515 g/mol. The van der Waals surface area contributed by atoms with E-state index < -0.39 is 36.0 Å². The van der Waals surface area contributed by atoms with Gasteiger partial charge in [-0.05, 0) is 63.5 Å². The number of nitrogens with one attached hydrogen (secondary N) is 2. The van der Waals surface area contributed by atoms with Gasteiger partial charge in [-0.25, -0.2) is 4.39 Å². The molecule has 202 valence electrons. The van der Waals surface area contributed by atoms with Crippen molar-refractivity contribution in [1.82, 2.24) is 10.6 Å². The number of hydrogen-bond acceptors (Lipinski definition) is 4. The first kappa shape index (κ1) is 27.1. The van der Waals surface area contributed by atoms with E-state index in [4.69, 9.17) is 9.47 Å². The molecule has 10 heteroatoms. The third-order valence-electron chi connectivity index (χ3n) is 7.66. The number of amides is 1. The molecule has 0 radical (unpaired) electrons. The first-order valence-corrected chi connectivity index (χ1v) is 13.0. The Bertz CT molecular complexity index is 927. The van der Waals surface area contributed by atoms with Crippen molar-refractivity contribution in [2.24, 2.45) is 16.8 Å². The summed E-state index contributed by atoms with van der Waals surface area (Å²) < 4.78 is 65.9. The van der Waals surface area contributed by atoms with Gasteiger partial charge in [-0.15, -0.1) is 0 Å². The average molecular weight is 516 g/mol. The minimum absolute atomic E-state index is 0.131. The average Bonchev–Trinajstić information content (AvgIpc) is 3.40. The number of alkyl halides is 4. The molecule has 3 fully saturated rings. The lowest BCUT2D eigenvalue weighted by Crippen LogP contribution is -2.49. The molecule has 3 aliphatic carbocycles. The number of carbonyl (C=O) groups is 1. The molecule has 1 saturated heterocycles. The Kier molecular flexibility index (Phi) is 7.86. The van der Waals surface area contributed by atoms with E-state index in [1.54, 1.807) is 13.8 Å². The molecule has 2 saturated carbocycles. The molecule has 4 bridgehead atoms. The van der Waals surface area contributed by atoms with Gasteiger partial charge in [0.1, 0.15) is 12.3 Å². The van der Waals surface area contributed by atoms with Crippen molar-refractivity contribution in [3.8, 4) is 0 Å². The van der Waals surface area contributed by atoms with Gasteiger partial charge in [-0.3, -0.25) is 15.1 Å². The summed E-state index contributed by atoms with van der Waals surface area (Å²) in [7, 11) is 0. The zero-order chi connectivity index (χ0) is 26.3. The largest absolute Gasteiger partial charge is 0.391 e. The molecule has 1 aliphatic heterocycles. The molecule has 4 rings (SSSR count). The second-order valence-corrected chi connectivity index (χ2v) is 10.8. The molecule has 3 atom stereocenters. The normalized spacial score (nSPS) is 29.1. The molecule has 0 spiro atoms. The maximum Gasteiger partial charge on any atom is 0.391 e. The summed E-state index contributed by atoms with van der Waals surface area (Å²) in [5.41, 5.74) is 3.19. The van der Waals surface area contributed by atoms with Gasteiger partial charge in [-0.2, -0.15) is 13.2 Å². The first-order valence-electron chi connectivity index (χ1n) is 13.0. The van der Waals surface area contributed by atoms with Crippen LogP contribution in [-0.4, -0.2) is 55.3 Å². The van der Waals surface area contributed by atoms with Gasteiger partial charge in [0, 0.05) is 6.04 Å². The van der Waals surface area contributed by atoms with Gasteiger partial charge in [0.05, 0.1) is 25.0 Å². The predicted molar refractivity (Wildman–Crippen MR) is 128 cm³/mol. The van der Waals surface area contributed by atoms with Gasteiger partial charge in [0.25, 0.3) is 0 Å². The zero-order valence-electron chi connectivity index (χ0n) is 21.4. The molecular formula is C26H37F4N3O3. The van der Waals surface area contributed by atoms with E-state index in [-0.39, 0.29) is 30.9 Å². The van der Waals surface area contributed by atoms with Crippen molar-refractivity contribution in [2.45, 2.75) is 103 Å². The minimum atomic E-state index is -4.31. The van der Waals surface area contributed by atoms with Crippen LogP contribution in [-0.2, 0) is 14.3 Å². The number of aliphatic imine (C=N–C) groups is 1. The number of fused-ring (bicyclic) bond motifs is 4. The summed E-state index contributed by atoms with van der Waals surface area (Å²) in [6.45, 7) is 7.16. The summed E-state index contributed by atoms with van der Waals surface area (Å²) in [5.74, 6) is -2.94. The molecule has 36 heavy (non-hydrogen) atoms. The van der Waals surface area contributed by atoms with Crippen LogP contribution >= 0.6 is 0 Å². The molecule has 2 N–H and O–H groups in total. The lowest BCUT2D eigenvalue weighted by Gasteiger charge is -2.27. The van der Waals surface area contributed by atoms with E-state index in [0.29, 0.717) is 45.1 Å². The summed E-state index contributed by atoms with van der Waals surface area (Å²) in [6.07, 6.45) is -2.02. The lowest BCUT2D eigenvalue weighted by molar-refractivity contribution is -0.172. The highest BCUT2D eigenvalue weighted by Crippen LogP contribution is 2.53. The van der Waals surface area contributed by atoms with Crippen LogP contribution in [0.15, 0.2) is 27.3 Å². The second-order valence-electron chi connectivity index (χ2n) is 10.8. The van der Waals surface area contributed by atoms with E-state index in [1.807, 2.05) is 6.92 Å². The molecule has 0 aromatic rings. The Morgan fingerprint density at radius 3 is 2.28 bits per heavy atom.